The van der Waals surface area contributed by atoms with E-state index >= 15 is 0 Å². The van der Waals surface area contributed by atoms with Crippen molar-refractivity contribution in [1.29, 1.82) is 0 Å². The highest BCUT2D eigenvalue weighted by molar-refractivity contribution is 5.87. The predicted molar refractivity (Wildman–Crippen MR) is 103 cm³/mol. The largest absolute Gasteiger partial charge is 0.508 e. The van der Waals surface area contributed by atoms with E-state index in [4.69, 9.17) is 9.15 Å². The minimum Gasteiger partial charge on any atom is -0.508 e. The van der Waals surface area contributed by atoms with Gasteiger partial charge < -0.3 is 19.6 Å². The Hall–Kier alpha value is -3.28. The van der Waals surface area contributed by atoms with Gasteiger partial charge in [0.15, 0.2) is 6.61 Å². The van der Waals surface area contributed by atoms with Gasteiger partial charge in [0.1, 0.15) is 11.3 Å². The van der Waals surface area contributed by atoms with E-state index in [0.717, 1.165) is 30.2 Å². The second-order valence-electron chi connectivity index (χ2n) is 6.99. The Kier molecular flexibility index (Phi) is 5.02. The van der Waals surface area contributed by atoms with Crippen LogP contribution in [0.25, 0.3) is 11.0 Å². The average molecular weight is 379 g/mol. The van der Waals surface area contributed by atoms with Gasteiger partial charge in [0.25, 0.3) is 5.91 Å². The molecule has 3 aromatic rings. The van der Waals surface area contributed by atoms with Gasteiger partial charge >= 0.3 is 5.97 Å². The number of carbonyl (C=O) groups is 2. The van der Waals surface area contributed by atoms with Crippen LogP contribution in [0.2, 0.25) is 0 Å². The van der Waals surface area contributed by atoms with E-state index in [0.29, 0.717) is 11.1 Å². The molecular weight excluding hydrogens is 358 g/mol. The first-order chi connectivity index (χ1) is 13.6. The summed E-state index contributed by atoms with van der Waals surface area (Å²) in [4.78, 5) is 24.4. The van der Waals surface area contributed by atoms with Gasteiger partial charge in [-0.05, 0) is 42.5 Å². The summed E-state index contributed by atoms with van der Waals surface area (Å²) < 4.78 is 10.5. The van der Waals surface area contributed by atoms with E-state index < -0.39 is 5.97 Å². The first-order valence-electron chi connectivity index (χ1n) is 9.32. The second-order valence-corrected chi connectivity index (χ2v) is 6.99. The zero-order valence-corrected chi connectivity index (χ0v) is 15.3. The summed E-state index contributed by atoms with van der Waals surface area (Å²) in [6, 6.07) is 12.8. The van der Waals surface area contributed by atoms with E-state index in [9.17, 15) is 14.7 Å². The molecular formula is C22H21NO5. The number of aromatic hydroxyl groups is 1. The van der Waals surface area contributed by atoms with Gasteiger partial charge in [0.05, 0.1) is 18.7 Å². The predicted octanol–water partition coefficient (Wildman–Crippen LogP) is 3.42. The molecule has 1 aromatic heterocycles. The number of benzene rings is 2. The van der Waals surface area contributed by atoms with Crippen molar-refractivity contribution >= 4 is 22.8 Å². The molecule has 0 fully saturated rings. The van der Waals surface area contributed by atoms with Gasteiger partial charge in [-0.15, -0.1) is 0 Å². The van der Waals surface area contributed by atoms with Crippen molar-refractivity contribution in [3.05, 3.63) is 65.4 Å². The van der Waals surface area contributed by atoms with Gasteiger partial charge in [-0.2, -0.15) is 0 Å². The first kappa shape index (κ1) is 18.1. The highest BCUT2D eigenvalue weighted by atomic mass is 16.5. The SMILES string of the molecule is O=C(COC(=O)Cc1coc2cc(O)ccc12)N[C@H]1CCCc2ccccc21. The lowest BCUT2D eigenvalue weighted by atomic mass is 9.88. The van der Waals surface area contributed by atoms with Crippen LogP contribution in [-0.2, 0) is 27.2 Å². The summed E-state index contributed by atoms with van der Waals surface area (Å²) in [5.74, 6) is -0.719. The van der Waals surface area contributed by atoms with E-state index in [1.807, 2.05) is 18.2 Å². The molecule has 0 saturated heterocycles. The Morgan fingerprint density at radius 2 is 2.07 bits per heavy atom. The number of aryl methyl sites for hydroxylation is 1. The lowest BCUT2D eigenvalue weighted by molar-refractivity contribution is -0.148. The van der Waals surface area contributed by atoms with Crippen molar-refractivity contribution in [2.45, 2.75) is 31.7 Å². The number of esters is 1. The topological polar surface area (TPSA) is 88.8 Å². The van der Waals surface area contributed by atoms with Crippen LogP contribution in [-0.4, -0.2) is 23.6 Å². The van der Waals surface area contributed by atoms with Crippen molar-refractivity contribution < 1.29 is 23.8 Å². The van der Waals surface area contributed by atoms with Gasteiger partial charge in [-0.3, -0.25) is 9.59 Å². The van der Waals surface area contributed by atoms with Gasteiger partial charge in [0.2, 0.25) is 0 Å². The van der Waals surface area contributed by atoms with Crippen LogP contribution < -0.4 is 5.32 Å². The minimum absolute atomic E-state index is 0.00266. The van der Waals surface area contributed by atoms with Crippen molar-refractivity contribution in [3.8, 4) is 5.75 Å². The number of rotatable bonds is 5. The number of phenolic OH excluding ortho intramolecular Hbond substituents is 1. The molecule has 1 aliphatic carbocycles. The standard InChI is InChI=1S/C22H21NO5/c24-16-8-9-18-15(12-27-20(18)11-16)10-22(26)28-13-21(25)23-19-7-3-5-14-4-1-2-6-17(14)19/h1-2,4,6,8-9,11-12,19,24H,3,5,7,10,13H2,(H,23,25)/t19-/m0/s1. The van der Waals surface area contributed by atoms with Crippen LogP contribution in [0.3, 0.4) is 0 Å². The van der Waals surface area contributed by atoms with Gasteiger partial charge in [-0.1, -0.05) is 24.3 Å². The summed E-state index contributed by atoms with van der Waals surface area (Å²) in [5.41, 5.74) is 3.55. The lowest BCUT2D eigenvalue weighted by Gasteiger charge is -2.26. The molecule has 1 heterocycles. The van der Waals surface area contributed by atoms with Crippen molar-refractivity contribution in [2.24, 2.45) is 0 Å². The maximum absolute atomic E-state index is 12.2. The Bertz CT molecular complexity index is 1020. The smallest absolute Gasteiger partial charge is 0.310 e. The molecule has 0 spiro atoms. The third-order valence-electron chi connectivity index (χ3n) is 5.04. The summed E-state index contributed by atoms with van der Waals surface area (Å²) in [6.45, 7) is -0.311. The summed E-state index contributed by atoms with van der Waals surface area (Å²) in [6.07, 6.45) is 4.38. The number of hydrogen-bond donors (Lipinski definition) is 2. The normalized spacial score (nSPS) is 15.8. The zero-order valence-electron chi connectivity index (χ0n) is 15.3. The summed E-state index contributed by atoms with van der Waals surface area (Å²) in [5, 5.41) is 13.2. The van der Waals surface area contributed by atoms with Crippen LogP contribution in [0.1, 0.15) is 35.6 Å². The Morgan fingerprint density at radius 1 is 1.21 bits per heavy atom. The van der Waals surface area contributed by atoms with E-state index in [-0.39, 0.29) is 30.7 Å². The highest BCUT2D eigenvalue weighted by Crippen LogP contribution is 2.29. The fraction of sp³-hybridized carbons (Fsp3) is 0.273. The maximum atomic E-state index is 12.2. The lowest BCUT2D eigenvalue weighted by Crippen LogP contribution is -2.34. The minimum atomic E-state index is -0.505. The molecule has 1 amide bonds. The number of furan rings is 1. The molecule has 0 bridgehead atoms. The second kappa shape index (κ2) is 7.76. The third-order valence-corrected chi connectivity index (χ3v) is 5.04. The fourth-order valence-electron chi connectivity index (χ4n) is 3.70. The highest BCUT2D eigenvalue weighted by Gasteiger charge is 2.22. The zero-order chi connectivity index (χ0) is 19.5. The molecule has 1 atom stereocenters. The van der Waals surface area contributed by atoms with Crippen molar-refractivity contribution in [3.63, 3.8) is 0 Å². The van der Waals surface area contributed by atoms with E-state index in [2.05, 4.69) is 11.4 Å². The van der Waals surface area contributed by atoms with Crippen LogP contribution >= 0.6 is 0 Å². The van der Waals surface area contributed by atoms with Crippen molar-refractivity contribution in [2.75, 3.05) is 6.61 Å². The maximum Gasteiger partial charge on any atom is 0.310 e. The molecule has 1 aliphatic rings. The summed E-state index contributed by atoms with van der Waals surface area (Å²) in [7, 11) is 0. The quantitative estimate of drug-likeness (QED) is 0.663. The number of carbonyl (C=O) groups excluding carboxylic acids is 2. The van der Waals surface area contributed by atoms with Crippen LogP contribution in [0.4, 0.5) is 0 Å². The molecule has 2 N–H and O–H groups in total. The number of fused-ring (bicyclic) bond motifs is 2. The molecule has 0 saturated carbocycles. The Labute approximate surface area is 162 Å². The van der Waals surface area contributed by atoms with Crippen LogP contribution in [0, 0.1) is 0 Å². The van der Waals surface area contributed by atoms with Gasteiger partial charge in [-0.25, -0.2) is 0 Å². The molecule has 144 valence electrons. The third kappa shape index (κ3) is 3.86. The molecule has 0 aliphatic heterocycles. The first-order valence-corrected chi connectivity index (χ1v) is 9.32. The van der Waals surface area contributed by atoms with Crippen molar-refractivity contribution in [1.82, 2.24) is 5.32 Å². The fourth-order valence-corrected chi connectivity index (χ4v) is 3.70. The van der Waals surface area contributed by atoms with Crippen LogP contribution in [0.15, 0.2) is 53.1 Å². The number of hydrogen-bond acceptors (Lipinski definition) is 5. The number of amides is 1. The molecule has 6 heteroatoms. The number of ether oxygens (including phenoxy) is 1. The molecule has 6 nitrogen and oxygen atoms in total. The monoisotopic (exact) mass is 379 g/mol. The number of phenols is 1. The van der Waals surface area contributed by atoms with Crippen LogP contribution in [0.5, 0.6) is 5.75 Å². The van der Waals surface area contributed by atoms with Gasteiger partial charge in [0, 0.05) is 17.0 Å². The Balaban J connectivity index is 1.32. The molecule has 4 rings (SSSR count). The molecule has 0 unspecified atom stereocenters. The van der Waals surface area contributed by atoms with E-state index in [1.165, 1.54) is 24.0 Å². The molecule has 28 heavy (non-hydrogen) atoms. The number of nitrogens with one attached hydrogen (secondary N) is 1. The average Bonchev–Trinajstić information content (AvgIpc) is 3.08. The Morgan fingerprint density at radius 3 is 2.96 bits per heavy atom. The molecule has 0 radical (unpaired) electrons. The summed E-state index contributed by atoms with van der Waals surface area (Å²) >= 11 is 0. The molecule has 2 aromatic carbocycles. The van der Waals surface area contributed by atoms with E-state index in [1.54, 1.807) is 6.07 Å².